The number of likely N-dealkylation sites (tertiary alicyclic amines) is 1. The number of carbonyl (C=O) groups is 2. The number of hydrogen-bond acceptors (Lipinski definition) is 4. The van der Waals surface area contributed by atoms with E-state index in [4.69, 9.17) is 9.47 Å². The molecule has 0 aliphatic carbocycles. The number of rotatable bonds is 5. The third kappa shape index (κ3) is 5.09. The zero-order valence-corrected chi connectivity index (χ0v) is 14.7. The van der Waals surface area contributed by atoms with Crippen molar-refractivity contribution in [3.8, 4) is 0 Å². The molecule has 0 unspecified atom stereocenters. The van der Waals surface area contributed by atoms with Gasteiger partial charge in [0.05, 0.1) is 5.92 Å². The Hall–Kier alpha value is -2.82. The summed E-state index contributed by atoms with van der Waals surface area (Å²) in [5.74, 6) is -0.344. The first-order valence-electron chi connectivity index (χ1n) is 8.88. The minimum Gasteiger partial charge on any atom is -0.461 e. The highest BCUT2D eigenvalue weighted by molar-refractivity contribution is 5.73. The number of piperidine rings is 1. The number of hydrogen-bond donors (Lipinski definition) is 0. The molecular formula is C21H23NO4. The monoisotopic (exact) mass is 353 g/mol. The molecule has 1 heterocycles. The number of ether oxygens (including phenoxy) is 2. The Balaban J connectivity index is 1.39. The highest BCUT2D eigenvalue weighted by atomic mass is 16.6. The molecule has 1 amide bonds. The Morgan fingerprint density at radius 3 is 1.85 bits per heavy atom. The van der Waals surface area contributed by atoms with Gasteiger partial charge in [-0.1, -0.05) is 60.7 Å². The summed E-state index contributed by atoms with van der Waals surface area (Å²) in [5.41, 5.74) is 1.93. The van der Waals surface area contributed by atoms with Crippen molar-refractivity contribution in [1.29, 1.82) is 0 Å². The van der Waals surface area contributed by atoms with Crippen LogP contribution in [0.4, 0.5) is 4.79 Å². The summed E-state index contributed by atoms with van der Waals surface area (Å²) in [6, 6.07) is 19.2. The molecule has 0 spiro atoms. The van der Waals surface area contributed by atoms with Crippen molar-refractivity contribution in [3.05, 3.63) is 71.8 Å². The van der Waals surface area contributed by atoms with Gasteiger partial charge in [-0.15, -0.1) is 0 Å². The van der Waals surface area contributed by atoms with Crippen LogP contribution in [-0.4, -0.2) is 30.1 Å². The number of nitrogens with zero attached hydrogens (tertiary/aromatic N) is 1. The van der Waals surface area contributed by atoms with Gasteiger partial charge in [-0.2, -0.15) is 0 Å². The lowest BCUT2D eigenvalue weighted by atomic mass is 9.97. The molecule has 26 heavy (non-hydrogen) atoms. The fourth-order valence-electron chi connectivity index (χ4n) is 2.95. The Kier molecular flexibility index (Phi) is 6.25. The minimum atomic E-state index is -0.329. The molecule has 0 radical (unpaired) electrons. The van der Waals surface area contributed by atoms with Crippen LogP contribution in [0.1, 0.15) is 24.0 Å². The predicted octanol–water partition coefficient (Wildman–Crippen LogP) is 3.78. The Morgan fingerprint density at radius 2 is 1.31 bits per heavy atom. The van der Waals surface area contributed by atoms with E-state index in [1.165, 1.54) is 0 Å². The van der Waals surface area contributed by atoms with Crippen molar-refractivity contribution in [2.24, 2.45) is 5.92 Å². The van der Waals surface area contributed by atoms with E-state index in [1.807, 2.05) is 60.7 Å². The first kappa shape index (κ1) is 18.0. The average molecular weight is 353 g/mol. The van der Waals surface area contributed by atoms with Gasteiger partial charge in [0.1, 0.15) is 13.2 Å². The fraction of sp³-hybridized carbons (Fsp3) is 0.333. The number of carbonyl (C=O) groups excluding carboxylic acids is 2. The average Bonchev–Trinajstić information content (AvgIpc) is 2.72. The summed E-state index contributed by atoms with van der Waals surface area (Å²) in [7, 11) is 0. The van der Waals surface area contributed by atoms with E-state index in [0.717, 1.165) is 11.1 Å². The van der Waals surface area contributed by atoms with Crippen LogP contribution in [0.25, 0.3) is 0 Å². The smallest absolute Gasteiger partial charge is 0.410 e. The van der Waals surface area contributed by atoms with Crippen molar-refractivity contribution in [2.75, 3.05) is 13.1 Å². The van der Waals surface area contributed by atoms with Crippen molar-refractivity contribution in [3.63, 3.8) is 0 Å². The number of benzene rings is 2. The Labute approximate surface area is 153 Å². The largest absolute Gasteiger partial charge is 0.461 e. The van der Waals surface area contributed by atoms with Crippen molar-refractivity contribution in [2.45, 2.75) is 26.1 Å². The van der Waals surface area contributed by atoms with Gasteiger partial charge in [0.2, 0.25) is 0 Å². The van der Waals surface area contributed by atoms with Crippen molar-refractivity contribution in [1.82, 2.24) is 4.90 Å². The topological polar surface area (TPSA) is 55.8 Å². The van der Waals surface area contributed by atoms with Crippen LogP contribution in [0, 0.1) is 5.92 Å². The molecule has 5 heteroatoms. The van der Waals surface area contributed by atoms with Crippen LogP contribution in [0.5, 0.6) is 0 Å². The van der Waals surface area contributed by atoms with Crippen LogP contribution < -0.4 is 0 Å². The van der Waals surface area contributed by atoms with E-state index in [1.54, 1.807) is 4.90 Å². The highest BCUT2D eigenvalue weighted by Gasteiger charge is 2.29. The quantitative estimate of drug-likeness (QED) is 0.768. The SMILES string of the molecule is O=C(OCc1ccccc1)C1CCN(C(=O)OCc2ccccc2)CC1. The van der Waals surface area contributed by atoms with E-state index in [2.05, 4.69) is 0 Å². The zero-order chi connectivity index (χ0) is 18.2. The summed E-state index contributed by atoms with van der Waals surface area (Å²) in [4.78, 5) is 26.0. The van der Waals surface area contributed by atoms with Gasteiger partial charge in [-0.3, -0.25) is 4.79 Å². The van der Waals surface area contributed by atoms with E-state index in [0.29, 0.717) is 32.5 Å². The van der Waals surface area contributed by atoms with E-state index in [9.17, 15) is 9.59 Å². The Morgan fingerprint density at radius 1 is 0.808 bits per heavy atom. The first-order chi connectivity index (χ1) is 12.7. The van der Waals surface area contributed by atoms with Crippen LogP contribution in [0.2, 0.25) is 0 Å². The second kappa shape index (κ2) is 9.04. The molecule has 0 atom stereocenters. The van der Waals surface area contributed by atoms with Crippen LogP contribution in [0.3, 0.4) is 0 Å². The normalized spacial score (nSPS) is 14.7. The van der Waals surface area contributed by atoms with Gasteiger partial charge in [0, 0.05) is 13.1 Å². The van der Waals surface area contributed by atoms with E-state index >= 15 is 0 Å². The molecule has 0 N–H and O–H groups in total. The van der Waals surface area contributed by atoms with Crippen molar-refractivity contribution < 1.29 is 19.1 Å². The zero-order valence-electron chi connectivity index (χ0n) is 14.7. The van der Waals surface area contributed by atoms with Gasteiger partial charge in [0.15, 0.2) is 0 Å². The minimum absolute atomic E-state index is 0.156. The van der Waals surface area contributed by atoms with Gasteiger partial charge in [-0.05, 0) is 24.0 Å². The lowest BCUT2D eigenvalue weighted by Gasteiger charge is -2.30. The van der Waals surface area contributed by atoms with E-state index in [-0.39, 0.29) is 24.6 Å². The lowest BCUT2D eigenvalue weighted by molar-refractivity contribution is -0.151. The molecule has 1 fully saturated rings. The summed E-state index contributed by atoms with van der Waals surface area (Å²) >= 11 is 0. The summed E-state index contributed by atoms with van der Waals surface area (Å²) in [6.07, 6.45) is 0.882. The molecule has 0 bridgehead atoms. The van der Waals surface area contributed by atoms with Crippen LogP contribution in [0.15, 0.2) is 60.7 Å². The third-order valence-electron chi connectivity index (χ3n) is 4.52. The molecule has 1 aliphatic rings. The lowest BCUT2D eigenvalue weighted by Crippen LogP contribution is -2.40. The third-order valence-corrected chi connectivity index (χ3v) is 4.52. The Bertz CT molecular complexity index is 646. The van der Waals surface area contributed by atoms with E-state index < -0.39 is 0 Å². The molecule has 1 saturated heterocycles. The summed E-state index contributed by atoms with van der Waals surface area (Å²) < 4.78 is 10.7. The van der Waals surface area contributed by atoms with Gasteiger partial charge in [0.25, 0.3) is 0 Å². The summed E-state index contributed by atoms with van der Waals surface area (Å²) in [6.45, 7) is 1.58. The van der Waals surface area contributed by atoms with Crippen LogP contribution >= 0.6 is 0 Å². The molecule has 2 aromatic rings. The second-order valence-electron chi connectivity index (χ2n) is 6.39. The maximum Gasteiger partial charge on any atom is 0.410 e. The molecular weight excluding hydrogens is 330 g/mol. The number of amides is 1. The maximum absolute atomic E-state index is 12.2. The molecule has 3 rings (SSSR count). The molecule has 2 aromatic carbocycles. The van der Waals surface area contributed by atoms with Crippen molar-refractivity contribution >= 4 is 12.1 Å². The number of esters is 1. The highest BCUT2D eigenvalue weighted by Crippen LogP contribution is 2.20. The van der Waals surface area contributed by atoms with Gasteiger partial charge in [-0.25, -0.2) is 4.79 Å². The molecule has 0 aromatic heterocycles. The second-order valence-corrected chi connectivity index (χ2v) is 6.39. The first-order valence-corrected chi connectivity index (χ1v) is 8.88. The maximum atomic E-state index is 12.2. The standard InChI is InChI=1S/C21H23NO4/c23-20(25-15-17-7-3-1-4-8-17)19-11-13-22(14-12-19)21(24)26-16-18-9-5-2-6-10-18/h1-10,19H,11-16H2. The molecule has 1 aliphatic heterocycles. The van der Waals surface area contributed by atoms with Crippen LogP contribution in [-0.2, 0) is 27.5 Å². The molecule has 5 nitrogen and oxygen atoms in total. The van der Waals surface area contributed by atoms with Gasteiger partial charge < -0.3 is 14.4 Å². The predicted molar refractivity (Wildman–Crippen MR) is 97.2 cm³/mol. The fourth-order valence-corrected chi connectivity index (χ4v) is 2.95. The van der Waals surface area contributed by atoms with Gasteiger partial charge >= 0.3 is 12.1 Å². The summed E-state index contributed by atoms with van der Waals surface area (Å²) in [5, 5.41) is 0. The molecule has 136 valence electrons. The molecule has 0 saturated carbocycles.